The predicted molar refractivity (Wildman–Crippen MR) is 87.4 cm³/mol. The highest BCUT2D eigenvalue weighted by Crippen LogP contribution is 2.25. The second-order valence-corrected chi connectivity index (χ2v) is 6.58. The molecule has 1 aromatic carbocycles. The van der Waals surface area contributed by atoms with E-state index >= 15 is 0 Å². The van der Waals surface area contributed by atoms with Gasteiger partial charge in [-0.1, -0.05) is 44.0 Å². The molecule has 1 heterocycles. The summed E-state index contributed by atoms with van der Waals surface area (Å²) >= 11 is 11.8. The van der Waals surface area contributed by atoms with Gasteiger partial charge in [0.25, 0.3) is 5.91 Å². The average molecular weight is 323 g/mol. The number of nitrogens with zero attached hydrogens (tertiary/aromatic N) is 1. The van der Waals surface area contributed by atoms with Crippen LogP contribution in [-0.4, -0.2) is 10.9 Å². The summed E-state index contributed by atoms with van der Waals surface area (Å²) in [5.41, 5.74) is 1.91. The van der Waals surface area contributed by atoms with Gasteiger partial charge in [0.05, 0.1) is 10.0 Å². The molecule has 110 valence electrons. The average Bonchev–Trinajstić information content (AvgIpc) is 2.42. The lowest BCUT2D eigenvalue weighted by Crippen LogP contribution is -2.17. The summed E-state index contributed by atoms with van der Waals surface area (Å²) < 4.78 is 0. The number of carbonyl (C=O) groups excluding carboxylic acids is 1. The molecule has 2 aromatic rings. The van der Waals surface area contributed by atoms with E-state index in [1.807, 2.05) is 0 Å². The Morgan fingerprint density at radius 3 is 2.43 bits per heavy atom. The Morgan fingerprint density at radius 2 is 1.81 bits per heavy atom. The summed E-state index contributed by atoms with van der Waals surface area (Å²) in [6.45, 7) is 6.15. The number of amides is 1. The summed E-state index contributed by atoms with van der Waals surface area (Å²) in [5, 5.41) is 3.65. The Morgan fingerprint density at radius 1 is 1.10 bits per heavy atom. The maximum atomic E-state index is 12.3. The van der Waals surface area contributed by atoms with Crippen molar-refractivity contribution in [2.75, 3.05) is 5.32 Å². The molecule has 0 unspecified atom stereocenters. The molecule has 0 aliphatic carbocycles. The number of rotatable bonds is 2. The van der Waals surface area contributed by atoms with Crippen LogP contribution >= 0.6 is 23.2 Å². The van der Waals surface area contributed by atoms with Crippen LogP contribution in [0.4, 0.5) is 5.69 Å². The van der Waals surface area contributed by atoms with Gasteiger partial charge in [0.1, 0.15) is 0 Å². The summed E-state index contributed by atoms with van der Waals surface area (Å²) in [6, 6.07) is 8.45. The Labute approximate surface area is 134 Å². The van der Waals surface area contributed by atoms with Crippen LogP contribution in [0.3, 0.4) is 0 Å². The van der Waals surface area contributed by atoms with Crippen molar-refractivity contribution in [3.63, 3.8) is 0 Å². The molecule has 0 atom stereocenters. The van der Waals surface area contributed by atoms with E-state index in [-0.39, 0.29) is 11.3 Å². The van der Waals surface area contributed by atoms with Gasteiger partial charge in [0.2, 0.25) is 0 Å². The SMILES string of the molecule is CC(C)(C)c1cc(C(=O)Nc2ccc(Cl)c(Cl)c2)ccn1. The maximum absolute atomic E-state index is 12.3. The van der Waals surface area contributed by atoms with Crippen molar-refractivity contribution in [2.24, 2.45) is 0 Å². The molecule has 0 fully saturated rings. The fraction of sp³-hybridized carbons (Fsp3) is 0.250. The molecule has 0 aliphatic heterocycles. The molecule has 3 nitrogen and oxygen atoms in total. The zero-order chi connectivity index (χ0) is 15.6. The first kappa shape index (κ1) is 15.8. The fourth-order valence-electron chi connectivity index (χ4n) is 1.76. The van der Waals surface area contributed by atoms with Crippen LogP contribution in [0, 0.1) is 0 Å². The zero-order valence-corrected chi connectivity index (χ0v) is 13.6. The Bertz CT molecular complexity index is 678. The second-order valence-electron chi connectivity index (χ2n) is 5.76. The molecule has 0 bridgehead atoms. The molecule has 0 radical (unpaired) electrons. The van der Waals surface area contributed by atoms with Crippen LogP contribution in [0.2, 0.25) is 10.0 Å². The van der Waals surface area contributed by atoms with Crippen molar-refractivity contribution in [3.05, 3.63) is 57.8 Å². The molecule has 0 saturated carbocycles. The number of pyridine rings is 1. The summed E-state index contributed by atoms with van der Waals surface area (Å²) in [7, 11) is 0. The van der Waals surface area contributed by atoms with Gasteiger partial charge in [-0.25, -0.2) is 0 Å². The number of benzene rings is 1. The smallest absolute Gasteiger partial charge is 0.255 e. The van der Waals surface area contributed by atoms with E-state index in [1.54, 1.807) is 36.5 Å². The highest BCUT2D eigenvalue weighted by atomic mass is 35.5. The molecule has 1 amide bonds. The molecular weight excluding hydrogens is 307 g/mol. The number of carbonyl (C=O) groups is 1. The third-order valence-corrected chi connectivity index (χ3v) is 3.71. The van der Waals surface area contributed by atoms with Gasteiger partial charge in [-0.15, -0.1) is 0 Å². The molecule has 1 aromatic heterocycles. The Kier molecular flexibility index (Phi) is 4.55. The van der Waals surface area contributed by atoms with E-state index in [0.717, 1.165) is 5.69 Å². The molecule has 5 heteroatoms. The lowest BCUT2D eigenvalue weighted by Gasteiger charge is -2.18. The number of hydrogen-bond donors (Lipinski definition) is 1. The van der Waals surface area contributed by atoms with Crippen LogP contribution < -0.4 is 5.32 Å². The van der Waals surface area contributed by atoms with Crippen LogP contribution in [0.1, 0.15) is 36.8 Å². The van der Waals surface area contributed by atoms with E-state index in [4.69, 9.17) is 23.2 Å². The number of aromatic nitrogens is 1. The molecule has 1 N–H and O–H groups in total. The third-order valence-electron chi connectivity index (χ3n) is 2.97. The first-order chi connectivity index (χ1) is 9.77. The monoisotopic (exact) mass is 322 g/mol. The van der Waals surface area contributed by atoms with Gasteiger partial charge in [0, 0.05) is 28.6 Å². The highest BCUT2D eigenvalue weighted by molar-refractivity contribution is 6.42. The van der Waals surface area contributed by atoms with Crippen LogP contribution in [0.5, 0.6) is 0 Å². The standard InChI is InChI=1S/C16H16Cl2N2O/c1-16(2,3)14-8-10(6-7-19-14)15(21)20-11-4-5-12(17)13(18)9-11/h4-9H,1-3H3,(H,20,21). The van der Waals surface area contributed by atoms with Crippen LogP contribution in [0.25, 0.3) is 0 Å². The summed E-state index contributed by atoms with van der Waals surface area (Å²) in [6.07, 6.45) is 1.64. The minimum absolute atomic E-state index is 0.111. The summed E-state index contributed by atoms with van der Waals surface area (Å²) in [4.78, 5) is 16.6. The molecule has 2 rings (SSSR count). The van der Waals surface area contributed by atoms with E-state index in [2.05, 4.69) is 31.1 Å². The van der Waals surface area contributed by atoms with Gasteiger partial charge in [-0.3, -0.25) is 9.78 Å². The predicted octanol–water partition coefficient (Wildman–Crippen LogP) is 4.94. The minimum atomic E-state index is -0.207. The minimum Gasteiger partial charge on any atom is -0.322 e. The zero-order valence-electron chi connectivity index (χ0n) is 12.1. The quantitative estimate of drug-likeness (QED) is 0.850. The third kappa shape index (κ3) is 3.96. The normalized spacial score (nSPS) is 11.3. The van der Waals surface area contributed by atoms with Crippen molar-refractivity contribution in [1.82, 2.24) is 4.98 Å². The van der Waals surface area contributed by atoms with Gasteiger partial charge < -0.3 is 5.32 Å². The molecule has 0 aliphatic rings. The van der Waals surface area contributed by atoms with Crippen molar-refractivity contribution in [2.45, 2.75) is 26.2 Å². The van der Waals surface area contributed by atoms with Crippen molar-refractivity contribution >= 4 is 34.8 Å². The first-order valence-corrected chi connectivity index (χ1v) is 7.26. The number of halogens is 2. The molecule has 21 heavy (non-hydrogen) atoms. The van der Waals surface area contributed by atoms with E-state index in [9.17, 15) is 4.79 Å². The summed E-state index contributed by atoms with van der Waals surface area (Å²) in [5.74, 6) is -0.207. The molecule has 0 spiro atoms. The first-order valence-electron chi connectivity index (χ1n) is 6.50. The van der Waals surface area contributed by atoms with Crippen molar-refractivity contribution in [3.8, 4) is 0 Å². The maximum Gasteiger partial charge on any atom is 0.255 e. The highest BCUT2D eigenvalue weighted by Gasteiger charge is 2.17. The largest absolute Gasteiger partial charge is 0.322 e. The Hall–Kier alpha value is -1.58. The van der Waals surface area contributed by atoms with Gasteiger partial charge in [0.15, 0.2) is 0 Å². The van der Waals surface area contributed by atoms with Crippen LogP contribution in [0.15, 0.2) is 36.5 Å². The van der Waals surface area contributed by atoms with E-state index in [0.29, 0.717) is 21.3 Å². The van der Waals surface area contributed by atoms with Crippen molar-refractivity contribution in [1.29, 1.82) is 0 Å². The van der Waals surface area contributed by atoms with E-state index in [1.165, 1.54) is 0 Å². The fourth-order valence-corrected chi connectivity index (χ4v) is 2.06. The molecule has 0 saturated heterocycles. The van der Waals surface area contributed by atoms with Gasteiger partial charge in [-0.05, 0) is 30.3 Å². The van der Waals surface area contributed by atoms with Gasteiger partial charge in [-0.2, -0.15) is 0 Å². The van der Waals surface area contributed by atoms with Crippen molar-refractivity contribution < 1.29 is 4.79 Å². The van der Waals surface area contributed by atoms with Crippen LogP contribution in [-0.2, 0) is 5.41 Å². The Balaban J connectivity index is 2.22. The number of nitrogens with one attached hydrogen (secondary N) is 1. The number of anilines is 1. The van der Waals surface area contributed by atoms with E-state index < -0.39 is 0 Å². The molecular formula is C16H16Cl2N2O. The lowest BCUT2D eigenvalue weighted by molar-refractivity contribution is 0.102. The number of hydrogen-bond acceptors (Lipinski definition) is 2. The second kappa shape index (κ2) is 6.04. The lowest BCUT2D eigenvalue weighted by atomic mass is 9.91. The topological polar surface area (TPSA) is 42.0 Å². The van der Waals surface area contributed by atoms with Gasteiger partial charge >= 0.3 is 0 Å².